The smallest absolute Gasteiger partial charge is 0.340 e. The van der Waals surface area contributed by atoms with Crippen molar-refractivity contribution in [3.05, 3.63) is 40.7 Å². The van der Waals surface area contributed by atoms with E-state index in [2.05, 4.69) is 5.10 Å². The molecule has 0 aliphatic heterocycles. The van der Waals surface area contributed by atoms with Crippen molar-refractivity contribution in [1.29, 1.82) is 0 Å². The molecule has 0 fully saturated rings. The van der Waals surface area contributed by atoms with Gasteiger partial charge in [-0.1, -0.05) is 11.6 Å². The number of nitrogens with two attached hydrogens (primary N) is 1. The highest BCUT2D eigenvalue weighted by Gasteiger charge is 2.18. The molecule has 18 heavy (non-hydrogen) atoms. The minimum Gasteiger partial charge on any atom is -0.465 e. The number of esters is 1. The molecule has 2 rings (SSSR count). The van der Waals surface area contributed by atoms with Crippen LogP contribution >= 0.6 is 11.6 Å². The third kappa shape index (κ3) is 2.17. The molecule has 0 unspecified atom stereocenters. The van der Waals surface area contributed by atoms with Crippen LogP contribution in [0.4, 0.5) is 5.69 Å². The number of methoxy groups -OCH3 is 1. The van der Waals surface area contributed by atoms with Gasteiger partial charge in [0.05, 0.1) is 29.6 Å². The van der Waals surface area contributed by atoms with Gasteiger partial charge in [0.2, 0.25) is 0 Å². The van der Waals surface area contributed by atoms with Gasteiger partial charge in [0.1, 0.15) is 0 Å². The number of aryl methyl sites for hydroxylation is 1. The first kappa shape index (κ1) is 12.4. The second-order valence-corrected chi connectivity index (χ2v) is 4.26. The summed E-state index contributed by atoms with van der Waals surface area (Å²) < 4.78 is 6.25. The number of nitrogens with zero attached hydrogens (tertiary/aromatic N) is 2. The molecule has 0 amide bonds. The van der Waals surface area contributed by atoms with Gasteiger partial charge in [0, 0.05) is 11.9 Å². The monoisotopic (exact) mass is 265 g/mol. The highest BCUT2D eigenvalue weighted by molar-refractivity contribution is 6.33. The van der Waals surface area contributed by atoms with E-state index in [4.69, 9.17) is 22.1 Å². The maximum atomic E-state index is 11.7. The average Bonchev–Trinajstić information content (AvgIpc) is 2.73. The lowest BCUT2D eigenvalue weighted by atomic mass is 10.1. The van der Waals surface area contributed by atoms with Gasteiger partial charge in [-0.25, -0.2) is 9.48 Å². The highest BCUT2D eigenvalue weighted by Crippen LogP contribution is 2.28. The van der Waals surface area contributed by atoms with E-state index < -0.39 is 5.97 Å². The maximum Gasteiger partial charge on any atom is 0.340 e. The zero-order valence-electron chi connectivity index (χ0n) is 9.98. The van der Waals surface area contributed by atoms with Crippen LogP contribution in [-0.2, 0) is 4.74 Å². The molecule has 0 spiro atoms. The average molecular weight is 266 g/mol. The number of carbonyl (C=O) groups is 1. The molecule has 0 bridgehead atoms. The number of hydrogen-bond acceptors (Lipinski definition) is 4. The number of rotatable bonds is 2. The summed E-state index contributed by atoms with van der Waals surface area (Å²) in [4.78, 5) is 11.7. The lowest BCUT2D eigenvalue weighted by Crippen LogP contribution is -2.10. The summed E-state index contributed by atoms with van der Waals surface area (Å²) in [5.74, 6) is -0.507. The third-order valence-electron chi connectivity index (χ3n) is 2.43. The molecule has 1 aromatic carbocycles. The number of ether oxygens (including phenoxy) is 1. The molecule has 6 heteroatoms. The fourth-order valence-corrected chi connectivity index (χ4v) is 1.97. The van der Waals surface area contributed by atoms with Crippen LogP contribution in [-0.4, -0.2) is 22.9 Å². The quantitative estimate of drug-likeness (QED) is 0.668. The Kier molecular flexibility index (Phi) is 3.25. The van der Waals surface area contributed by atoms with Crippen LogP contribution in [0.3, 0.4) is 0 Å². The number of benzene rings is 1. The lowest BCUT2D eigenvalue weighted by Gasteiger charge is -2.11. The van der Waals surface area contributed by atoms with Gasteiger partial charge in [0.15, 0.2) is 0 Å². The van der Waals surface area contributed by atoms with Crippen LogP contribution in [0, 0.1) is 6.92 Å². The second-order valence-electron chi connectivity index (χ2n) is 3.85. The Bertz CT molecular complexity index is 607. The van der Waals surface area contributed by atoms with E-state index in [0.717, 1.165) is 5.56 Å². The summed E-state index contributed by atoms with van der Waals surface area (Å²) in [6, 6.07) is 3.09. The van der Waals surface area contributed by atoms with E-state index in [0.29, 0.717) is 16.4 Å². The van der Waals surface area contributed by atoms with Crippen molar-refractivity contribution in [2.24, 2.45) is 0 Å². The Balaban J connectivity index is 2.68. The number of nitrogen functional groups attached to an aromatic ring is 1. The van der Waals surface area contributed by atoms with Crippen LogP contribution in [0.5, 0.6) is 0 Å². The van der Waals surface area contributed by atoms with Crippen LogP contribution in [0.1, 0.15) is 15.9 Å². The molecule has 0 saturated heterocycles. The molecule has 0 atom stereocenters. The van der Waals surface area contributed by atoms with Gasteiger partial charge in [-0.2, -0.15) is 5.10 Å². The largest absolute Gasteiger partial charge is 0.465 e. The first-order valence-corrected chi connectivity index (χ1v) is 5.59. The number of aromatic nitrogens is 2. The van der Waals surface area contributed by atoms with Gasteiger partial charge in [-0.15, -0.1) is 0 Å². The van der Waals surface area contributed by atoms with Crippen molar-refractivity contribution in [2.75, 3.05) is 12.8 Å². The molecular weight excluding hydrogens is 254 g/mol. The zero-order chi connectivity index (χ0) is 13.3. The minimum atomic E-state index is -0.507. The summed E-state index contributed by atoms with van der Waals surface area (Å²) in [5.41, 5.74) is 7.78. The standard InChI is InChI=1S/C12H12ClN3O2/c1-7-5-15-16(6-7)11-9(12(17)18-2)3-8(14)4-10(11)13/h3-6H,14H2,1-2H3. The molecular formula is C12H12ClN3O2. The summed E-state index contributed by atoms with van der Waals surface area (Å²) >= 11 is 6.13. The molecule has 1 heterocycles. The molecule has 0 aliphatic carbocycles. The fourth-order valence-electron chi connectivity index (χ4n) is 1.65. The van der Waals surface area contributed by atoms with E-state index in [1.807, 2.05) is 6.92 Å². The Morgan fingerprint density at radius 2 is 2.22 bits per heavy atom. The number of carbonyl (C=O) groups excluding carboxylic acids is 1. The van der Waals surface area contributed by atoms with Crippen molar-refractivity contribution in [1.82, 2.24) is 9.78 Å². The summed E-state index contributed by atoms with van der Waals surface area (Å²) in [7, 11) is 1.30. The number of halogens is 1. The van der Waals surface area contributed by atoms with E-state index in [1.54, 1.807) is 18.5 Å². The van der Waals surface area contributed by atoms with E-state index in [1.165, 1.54) is 17.9 Å². The Morgan fingerprint density at radius 1 is 1.50 bits per heavy atom. The van der Waals surface area contributed by atoms with Gasteiger partial charge in [-0.05, 0) is 24.6 Å². The second kappa shape index (κ2) is 4.70. The zero-order valence-corrected chi connectivity index (χ0v) is 10.7. The maximum absolute atomic E-state index is 11.7. The van der Waals surface area contributed by atoms with Crippen molar-refractivity contribution >= 4 is 23.3 Å². The third-order valence-corrected chi connectivity index (χ3v) is 2.72. The van der Waals surface area contributed by atoms with Crippen LogP contribution in [0.15, 0.2) is 24.5 Å². The van der Waals surface area contributed by atoms with Gasteiger partial charge in [0.25, 0.3) is 0 Å². The molecule has 0 aliphatic rings. The van der Waals surface area contributed by atoms with Gasteiger partial charge >= 0.3 is 5.97 Å². The molecule has 94 valence electrons. The summed E-state index contributed by atoms with van der Waals surface area (Å²) in [6.07, 6.45) is 3.44. The minimum absolute atomic E-state index is 0.283. The molecule has 1 aromatic heterocycles. The van der Waals surface area contributed by atoms with Crippen molar-refractivity contribution < 1.29 is 9.53 Å². The van der Waals surface area contributed by atoms with E-state index in [9.17, 15) is 4.79 Å². The fraction of sp³-hybridized carbons (Fsp3) is 0.167. The van der Waals surface area contributed by atoms with Crippen molar-refractivity contribution in [3.8, 4) is 5.69 Å². The van der Waals surface area contributed by atoms with Gasteiger partial charge in [-0.3, -0.25) is 0 Å². The Labute approximate surface area is 109 Å². The molecule has 2 N–H and O–H groups in total. The van der Waals surface area contributed by atoms with Crippen LogP contribution in [0.25, 0.3) is 5.69 Å². The van der Waals surface area contributed by atoms with Crippen molar-refractivity contribution in [3.63, 3.8) is 0 Å². The van der Waals surface area contributed by atoms with Gasteiger partial charge < -0.3 is 10.5 Å². The number of anilines is 1. The van der Waals surface area contributed by atoms with Crippen LogP contribution in [0.2, 0.25) is 5.02 Å². The normalized spacial score (nSPS) is 10.4. The summed E-state index contributed by atoms with van der Waals surface area (Å²) in [5, 5.41) is 4.48. The number of hydrogen-bond donors (Lipinski definition) is 1. The first-order valence-electron chi connectivity index (χ1n) is 5.22. The first-order chi connectivity index (χ1) is 8.52. The molecule has 0 saturated carbocycles. The molecule has 0 radical (unpaired) electrons. The van der Waals surface area contributed by atoms with E-state index >= 15 is 0 Å². The summed E-state index contributed by atoms with van der Waals surface area (Å²) in [6.45, 7) is 1.90. The highest BCUT2D eigenvalue weighted by atomic mass is 35.5. The molecule has 2 aromatic rings. The molecule has 5 nitrogen and oxygen atoms in total. The van der Waals surface area contributed by atoms with Crippen molar-refractivity contribution in [2.45, 2.75) is 6.92 Å². The SMILES string of the molecule is COC(=O)c1cc(N)cc(Cl)c1-n1cc(C)cn1. The van der Waals surface area contributed by atoms with Crippen LogP contribution < -0.4 is 5.73 Å². The predicted octanol–water partition coefficient (Wildman–Crippen LogP) is 2.20. The van der Waals surface area contributed by atoms with E-state index in [-0.39, 0.29) is 5.56 Å². The Morgan fingerprint density at radius 3 is 2.78 bits per heavy atom. The topological polar surface area (TPSA) is 70.1 Å². The predicted molar refractivity (Wildman–Crippen MR) is 69.1 cm³/mol. The lowest BCUT2D eigenvalue weighted by molar-refractivity contribution is 0.0600. The Hall–Kier alpha value is -2.01.